The number of rotatable bonds is 2. The van der Waals surface area contributed by atoms with Crippen molar-refractivity contribution >= 4 is 33.4 Å². The van der Waals surface area contributed by atoms with Crippen molar-refractivity contribution < 1.29 is 9.53 Å². The first kappa shape index (κ1) is 10.9. The first-order chi connectivity index (χ1) is 7.16. The molecular formula is C10H9BrClNO2. The fourth-order valence-corrected chi connectivity index (χ4v) is 1.65. The van der Waals surface area contributed by atoms with Crippen LogP contribution < -0.4 is 5.32 Å². The largest absolute Gasteiger partial charge is 0.377 e. The molecule has 0 unspecified atom stereocenters. The summed E-state index contributed by atoms with van der Waals surface area (Å²) in [5.41, 5.74) is 0.565. The summed E-state index contributed by atoms with van der Waals surface area (Å²) in [4.78, 5) is 11.7. The van der Waals surface area contributed by atoms with Crippen LogP contribution in [-0.2, 0) is 4.74 Å². The van der Waals surface area contributed by atoms with E-state index in [1.807, 2.05) is 0 Å². The van der Waals surface area contributed by atoms with Gasteiger partial charge in [0.2, 0.25) is 0 Å². The summed E-state index contributed by atoms with van der Waals surface area (Å²) in [6.45, 7) is 1.19. The lowest BCUT2D eigenvalue weighted by Crippen LogP contribution is -2.48. The molecule has 0 bridgehead atoms. The summed E-state index contributed by atoms with van der Waals surface area (Å²) in [5.74, 6) is -0.113. The Morgan fingerprint density at radius 1 is 1.53 bits per heavy atom. The van der Waals surface area contributed by atoms with E-state index >= 15 is 0 Å². The molecule has 5 heteroatoms. The summed E-state index contributed by atoms with van der Waals surface area (Å²) < 4.78 is 5.75. The number of hydrogen-bond acceptors (Lipinski definition) is 2. The van der Waals surface area contributed by atoms with Crippen LogP contribution in [0.4, 0.5) is 0 Å². The zero-order valence-electron chi connectivity index (χ0n) is 7.80. The molecule has 80 valence electrons. The van der Waals surface area contributed by atoms with Crippen LogP contribution in [0.1, 0.15) is 10.4 Å². The number of nitrogens with one attached hydrogen (secondary N) is 1. The van der Waals surface area contributed by atoms with E-state index in [4.69, 9.17) is 16.3 Å². The van der Waals surface area contributed by atoms with Crippen LogP contribution in [0, 0.1) is 0 Å². The number of amides is 1. The molecule has 1 aromatic carbocycles. The molecule has 0 aliphatic carbocycles. The molecule has 0 saturated carbocycles. The summed E-state index contributed by atoms with van der Waals surface area (Å²) in [6, 6.07) is 5.26. The van der Waals surface area contributed by atoms with Gasteiger partial charge in [0.15, 0.2) is 0 Å². The highest BCUT2D eigenvalue weighted by Gasteiger charge is 2.21. The lowest BCUT2D eigenvalue weighted by Gasteiger charge is -2.26. The van der Waals surface area contributed by atoms with Crippen LogP contribution in [-0.4, -0.2) is 25.2 Å². The van der Waals surface area contributed by atoms with Gasteiger partial charge >= 0.3 is 0 Å². The number of halogens is 2. The molecule has 0 atom stereocenters. The predicted octanol–water partition coefficient (Wildman–Crippen LogP) is 2.23. The predicted molar refractivity (Wildman–Crippen MR) is 61.2 cm³/mol. The van der Waals surface area contributed by atoms with E-state index in [0.29, 0.717) is 23.8 Å². The molecule has 1 fully saturated rings. The maximum atomic E-state index is 11.7. The highest BCUT2D eigenvalue weighted by Crippen LogP contribution is 2.23. The highest BCUT2D eigenvalue weighted by molar-refractivity contribution is 9.10. The standard InChI is InChI=1S/C10H9BrClNO2/c11-8-2-1-6(3-9(8)12)10(14)13-7-4-15-5-7/h1-3,7H,4-5H2,(H,13,14). The monoisotopic (exact) mass is 289 g/mol. The summed E-state index contributed by atoms with van der Waals surface area (Å²) in [6.07, 6.45) is 0. The summed E-state index contributed by atoms with van der Waals surface area (Å²) in [7, 11) is 0. The maximum absolute atomic E-state index is 11.7. The van der Waals surface area contributed by atoms with Crippen molar-refractivity contribution in [3.05, 3.63) is 33.3 Å². The molecule has 1 N–H and O–H groups in total. The van der Waals surface area contributed by atoms with Crippen LogP contribution in [0.2, 0.25) is 5.02 Å². The van der Waals surface area contributed by atoms with Crippen molar-refractivity contribution in [2.75, 3.05) is 13.2 Å². The Bertz CT molecular complexity index is 393. The van der Waals surface area contributed by atoms with E-state index in [-0.39, 0.29) is 11.9 Å². The molecule has 3 nitrogen and oxygen atoms in total. The van der Waals surface area contributed by atoms with Gasteiger partial charge in [-0.2, -0.15) is 0 Å². The molecule has 1 saturated heterocycles. The maximum Gasteiger partial charge on any atom is 0.251 e. The van der Waals surface area contributed by atoms with Gasteiger partial charge < -0.3 is 10.1 Å². The molecule has 0 aromatic heterocycles. The number of ether oxygens (including phenoxy) is 1. The zero-order valence-corrected chi connectivity index (χ0v) is 10.1. The molecule has 1 aliphatic rings. The smallest absolute Gasteiger partial charge is 0.251 e. The highest BCUT2D eigenvalue weighted by atomic mass is 79.9. The third-order valence-electron chi connectivity index (χ3n) is 2.16. The normalized spacial score (nSPS) is 15.9. The fraction of sp³-hybridized carbons (Fsp3) is 0.300. The van der Waals surface area contributed by atoms with Crippen molar-refractivity contribution in [1.29, 1.82) is 0 Å². The fourth-order valence-electron chi connectivity index (χ4n) is 1.23. The summed E-state index contributed by atoms with van der Waals surface area (Å²) in [5, 5.41) is 3.38. The first-order valence-electron chi connectivity index (χ1n) is 4.50. The Kier molecular flexibility index (Phi) is 3.29. The minimum absolute atomic E-state index is 0.113. The second kappa shape index (κ2) is 4.51. The first-order valence-corrected chi connectivity index (χ1v) is 5.67. The SMILES string of the molecule is O=C(NC1COC1)c1ccc(Br)c(Cl)c1. The Labute approximate surface area is 101 Å². The summed E-state index contributed by atoms with van der Waals surface area (Å²) >= 11 is 9.16. The Hall–Kier alpha value is -0.580. The van der Waals surface area contributed by atoms with Crippen molar-refractivity contribution in [3.8, 4) is 0 Å². The van der Waals surface area contributed by atoms with Crippen LogP contribution in [0.3, 0.4) is 0 Å². The lowest BCUT2D eigenvalue weighted by atomic mass is 10.2. The zero-order chi connectivity index (χ0) is 10.8. The Morgan fingerprint density at radius 3 is 2.80 bits per heavy atom. The number of carbonyl (C=O) groups excluding carboxylic acids is 1. The van der Waals surface area contributed by atoms with Crippen LogP contribution in [0.15, 0.2) is 22.7 Å². The van der Waals surface area contributed by atoms with Gasteiger partial charge in [0.1, 0.15) is 0 Å². The number of benzene rings is 1. The second-order valence-electron chi connectivity index (χ2n) is 3.34. The van der Waals surface area contributed by atoms with E-state index in [0.717, 1.165) is 4.47 Å². The van der Waals surface area contributed by atoms with Gasteiger partial charge in [0, 0.05) is 10.0 Å². The number of carbonyl (C=O) groups is 1. The van der Waals surface area contributed by atoms with Crippen LogP contribution in [0.5, 0.6) is 0 Å². The quantitative estimate of drug-likeness (QED) is 0.907. The van der Waals surface area contributed by atoms with E-state index in [2.05, 4.69) is 21.2 Å². The van der Waals surface area contributed by atoms with E-state index in [1.54, 1.807) is 18.2 Å². The number of hydrogen-bond donors (Lipinski definition) is 1. The molecule has 1 aromatic rings. The average Bonchev–Trinajstić information content (AvgIpc) is 2.15. The van der Waals surface area contributed by atoms with Gasteiger partial charge in [-0.25, -0.2) is 0 Å². The van der Waals surface area contributed by atoms with Crippen molar-refractivity contribution in [1.82, 2.24) is 5.32 Å². The minimum Gasteiger partial charge on any atom is -0.377 e. The Balaban J connectivity index is 2.07. The molecule has 1 amide bonds. The molecule has 1 heterocycles. The molecular weight excluding hydrogens is 281 g/mol. The van der Waals surface area contributed by atoms with Crippen LogP contribution >= 0.6 is 27.5 Å². The lowest BCUT2D eigenvalue weighted by molar-refractivity contribution is -0.00346. The third kappa shape index (κ3) is 2.51. The van der Waals surface area contributed by atoms with Crippen molar-refractivity contribution in [2.24, 2.45) is 0 Å². The van der Waals surface area contributed by atoms with Gasteiger partial charge in [-0.05, 0) is 34.1 Å². The van der Waals surface area contributed by atoms with Gasteiger partial charge in [-0.3, -0.25) is 4.79 Å². The molecule has 2 rings (SSSR count). The van der Waals surface area contributed by atoms with E-state index in [9.17, 15) is 4.79 Å². The molecule has 15 heavy (non-hydrogen) atoms. The van der Waals surface area contributed by atoms with E-state index < -0.39 is 0 Å². The average molecular weight is 291 g/mol. The van der Waals surface area contributed by atoms with Gasteiger partial charge in [-0.1, -0.05) is 11.6 Å². The van der Waals surface area contributed by atoms with Crippen molar-refractivity contribution in [3.63, 3.8) is 0 Å². The Morgan fingerprint density at radius 2 is 2.27 bits per heavy atom. The third-order valence-corrected chi connectivity index (χ3v) is 3.39. The van der Waals surface area contributed by atoms with Gasteiger partial charge in [0.05, 0.1) is 24.3 Å². The minimum atomic E-state index is -0.113. The molecule has 1 aliphatic heterocycles. The van der Waals surface area contributed by atoms with Gasteiger partial charge in [-0.15, -0.1) is 0 Å². The molecule has 0 radical (unpaired) electrons. The molecule has 0 spiro atoms. The van der Waals surface area contributed by atoms with E-state index in [1.165, 1.54) is 0 Å². The second-order valence-corrected chi connectivity index (χ2v) is 4.60. The van der Waals surface area contributed by atoms with Gasteiger partial charge in [0.25, 0.3) is 5.91 Å². The van der Waals surface area contributed by atoms with Crippen molar-refractivity contribution in [2.45, 2.75) is 6.04 Å². The topological polar surface area (TPSA) is 38.3 Å². The van der Waals surface area contributed by atoms with Crippen LogP contribution in [0.25, 0.3) is 0 Å².